The largest absolute Gasteiger partial charge is 0.445 e. The number of fused-ring (bicyclic) bond motifs is 1. The number of alkyl carbamates (subject to hydrolysis) is 1. The third kappa shape index (κ3) is 4.94. The van der Waals surface area contributed by atoms with Crippen molar-refractivity contribution in [2.75, 3.05) is 11.9 Å². The normalized spacial score (nSPS) is 23.2. The quantitative estimate of drug-likeness (QED) is 0.508. The summed E-state index contributed by atoms with van der Waals surface area (Å²) >= 11 is 1.53. The molecule has 8 heteroatoms. The highest BCUT2D eigenvalue weighted by molar-refractivity contribution is 7.17. The smallest absolute Gasteiger partial charge is 0.407 e. The third-order valence-electron chi connectivity index (χ3n) is 7.91. The average molecular weight is 494 g/mol. The zero-order valence-electron chi connectivity index (χ0n) is 19.7. The van der Waals surface area contributed by atoms with E-state index in [1.54, 1.807) is 0 Å². The molecule has 184 valence electrons. The molecule has 1 unspecified atom stereocenters. The summed E-state index contributed by atoms with van der Waals surface area (Å²) < 4.78 is 5.40. The second-order valence-electron chi connectivity index (χ2n) is 10.6. The lowest BCUT2D eigenvalue weighted by Crippen LogP contribution is -2.39. The molecule has 0 saturated heterocycles. The number of rotatable bonds is 8. The molecule has 2 atom stereocenters. The molecule has 3 saturated carbocycles. The number of hydrogen-bond acceptors (Lipinski definition) is 5. The van der Waals surface area contributed by atoms with Crippen LogP contribution in [-0.2, 0) is 29.0 Å². The van der Waals surface area contributed by atoms with E-state index in [1.165, 1.54) is 11.3 Å². The molecule has 7 nitrogen and oxygen atoms in total. The number of aryl methyl sites for hydroxylation is 1. The van der Waals surface area contributed by atoms with Crippen LogP contribution in [0, 0.1) is 17.3 Å². The molecule has 3 fully saturated rings. The number of anilines is 1. The van der Waals surface area contributed by atoms with Crippen molar-refractivity contribution in [1.29, 1.82) is 0 Å². The molecule has 1 aromatic carbocycles. The van der Waals surface area contributed by atoms with Gasteiger partial charge in [0.15, 0.2) is 0 Å². The van der Waals surface area contributed by atoms with Crippen molar-refractivity contribution < 1.29 is 19.1 Å². The van der Waals surface area contributed by atoms with Crippen molar-refractivity contribution in [2.24, 2.45) is 17.3 Å². The molecular weight excluding hydrogens is 462 g/mol. The Balaban J connectivity index is 1.14. The maximum absolute atomic E-state index is 13.3. The summed E-state index contributed by atoms with van der Waals surface area (Å²) in [6.45, 7) is 0.896. The Morgan fingerprint density at radius 2 is 1.89 bits per heavy atom. The van der Waals surface area contributed by atoms with Crippen molar-refractivity contribution in [1.82, 2.24) is 10.6 Å². The fourth-order valence-corrected chi connectivity index (χ4v) is 6.49. The minimum absolute atomic E-state index is 0.0523. The minimum atomic E-state index is -0.450. The monoisotopic (exact) mass is 493 g/mol. The summed E-state index contributed by atoms with van der Waals surface area (Å²) in [5.41, 5.74) is 2.75. The van der Waals surface area contributed by atoms with Gasteiger partial charge in [-0.3, -0.25) is 9.59 Å². The molecule has 3 amide bonds. The highest BCUT2D eigenvalue weighted by Gasteiger charge is 2.65. The van der Waals surface area contributed by atoms with Crippen molar-refractivity contribution in [3.63, 3.8) is 0 Å². The van der Waals surface area contributed by atoms with Gasteiger partial charge >= 0.3 is 6.09 Å². The molecule has 3 N–H and O–H groups in total. The van der Waals surface area contributed by atoms with Crippen LogP contribution >= 0.6 is 11.3 Å². The Labute approximate surface area is 209 Å². The predicted octanol–water partition coefficient (Wildman–Crippen LogP) is 4.41. The summed E-state index contributed by atoms with van der Waals surface area (Å²) in [5.74, 6) is 0.602. The number of hydrogen-bond donors (Lipinski definition) is 3. The number of ether oxygens (including phenoxy) is 1. The highest BCUT2D eigenvalue weighted by atomic mass is 32.1. The van der Waals surface area contributed by atoms with Gasteiger partial charge in [-0.25, -0.2) is 4.79 Å². The summed E-state index contributed by atoms with van der Waals surface area (Å²) in [5, 5.41) is 9.84. The lowest BCUT2D eigenvalue weighted by Gasteiger charge is -2.24. The fraction of sp³-hybridized carbons (Fsp3) is 0.519. The van der Waals surface area contributed by atoms with E-state index in [4.69, 9.17) is 4.74 Å². The van der Waals surface area contributed by atoms with Crippen LogP contribution in [0.3, 0.4) is 0 Å². The first-order chi connectivity index (χ1) is 17.0. The second-order valence-corrected chi connectivity index (χ2v) is 11.7. The lowest BCUT2D eigenvalue weighted by molar-refractivity contribution is -0.117. The molecule has 0 radical (unpaired) electrons. The maximum Gasteiger partial charge on any atom is 0.407 e. The maximum atomic E-state index is 13.3. The van der Waals surface area contributed by atoms with Gasteiger partial charge in [-0.05, 0) is 73.8 Å². The zero-order valence-corrected chi connectivity index (χ0v) is 20.5. The fourth-order valence-electron chi connectivity index (χ4n) is 5.24. The zero-order chi connectivity index (χ0) is 24.0. The molecule has 1 aromatic heterocycles. The minimum Gasteiger partial charge on any atom is -0.445 e. The number of benzene rings is 1. The topological polar surface area (TPSA) is 96.5 Å². The third-order valence-corrected chi connectivity index (χ3v) is 9.11. The van der Waals surface area contributed by atoms with Crippen LogP contribution in [0.15, 0.2) is 30.3 Å². The second kappa shape index (κ2) is 8.97. The van der Waals surface area contributed by atoms with Gasteiger partial charge in [-0.15, -0.1) is 11.3 Å². The van der Waals surface area contributed by atoms with Crippen LogP contribution < -0.4 is 16.0 Å². The van der Waals surface area contributed by atoms with Crippen molar-refractivity contribution in [2.45, 2.75) is 64.0 Å². The van der Waals surface area contributed by atoms with Gasteiger partial charge in [0.1, 0.15) is 11.6 Å². The van der Waals surface area contributed by atoms with Crippen LogP contribution in [-0.4, -0.2) is 30.5 Å². The Bertz CT molecular complexity index is 1150. The first kappa shape index (κ1) is 22.6. The van der Waals surface area contributed by atoms with E-state index in [0.29, 0.717) is 29.4 Å². The van der Waals surface area contributed by atoms with Gasteiger partial charge in [0.05, 0.1) is 5.56 Å². The molecule has 4 aliphatic carbocycles. The number of carbonyl (C=O) groups is 3. The highest BCUT2D eigenvalue weighted by Crippen LogP contribution is 2.70. The van der Waals surface area contributed by atoms with Crippen molar-refractivity contribution >= 4 is 34.2 Å². The van der Waals surface area contributed by atoms with Gasteiger partial charge in [0, 0.05) is 23.4 Å². The van der Waals surface area contributed by atoms with E-state index in [9.17, 15) is 14.4 Å². The number of amides is 3. The summed E-state index contributed by atoms with van der Waals surface area (Å²) in [6, 6.07) is 9.47. The summed E-state index contributed by atoms with van der Waals surface area (Å²) in [4.78, 5) is 39.7. The van der Waals surface area contributed by atoms with Crippen LogP contribution in [0.4, 0.5) is 9.80 Å². The molecule has 0 aliphatic heterocycles. The van der Waals surface area contributed by atoms with Crippen molar-refractivity contribution in [3.8, 4) is 0 Å². The van der Waals surface area contributed by atoms with E-state index in [0.717, 1.165) is 60.9 Å². The van der Waals surface area contributed by atoms with Crippen LogP contribution in [0.2, 0.25) is 0 Å². The molecular formula is C27H31N3O4S. The number of thiophene rings is 1. The van der Waals surface area contributed by atoms with E-state index in [2.05, 4.69) is 16.0 Å². The molecule has 35 heavy (non-hydrogen) atoms. The van der Waals surface area contributed by atoms with Gasteiger partial charge in [-0.2, -0.15) is 0 Å². The molecule has 2 aromatic rings. The summed E-state index contributed by atoms with van der Waals surface area (Å²) in [7, 11) is 0. The van der Waals surface area contributed by atoms with E-state index < -0.39 is 6.09 Å². The van der Waals surface area contributed by atoms with Gasteiger partial charge < -0.3 is 20.7 Å². The van der Waals surface area contributed by atoms with E-state index in [1.807, 2.05) is 30.3 Å². The van der Waals surface area contributed by atoms with E-state index in [-0.39, 0.29) is 35.8 Å². The van der Waals surface area contributed by atoms with Gasteiger partial charge in [-0.1, -0.05) is 30.3 Å². The SMILES string of the molecule is O=C(N[C@H]1CCc2sc(NC(=O)C3CC34CC4)c(C(=O)NCC3CC3)c2C1)OCc1ccccc1. The lowest BCUT2D eigenvalue weighted by atomic mass is 9.91. The van der Waals surface area contributed by atoms with E-state index >= 15 is 0 Å². The Kier molecular flexibility index (Phi) is 5.79. The molecule has 4 aliphatic rings. The first-order valence-corrected chi connectivity index (χ1v) is 13.5. The Morgan fingerprint density at radius 1 is 1.09 bits per heavy atom. The van der Waals surface area contributed by atoms with Gasteiger partial charge in [0.2, 0.25) is 5.91 Å². The first-order valence-electron chi connectivity index (χ1n) is 12.7. The van der Waals surface area contributed by atoms with Crippen LogP contribution in [0.5, 0.6) is 0 Å². The molecule has 6 rings (SSSR count). The number of carbonyl (C=O) groups excluding carboxylic acids is 3. The number of nitrogens with one attached hydrogen (secondary N) is 3. The van der Waals surface area contributed by atoms with Crippen LogP contribution in [0.25, 0.3) is 0 Å². The Morgan fingerprint density at radius 3 is 2.60 bits per heavy atom. The Hall–Kier alpha value is -2.87. The predicted molar refractivity (Wildman–Crippen MR) is 133 cm³/mol. The van der Waals surface area contributed by atoms with Crippen molar-refractivity contribution in [3.05, 3.63) is 51.9 Å². The molecule has 1 spiro atoms. The molecule has 0 bridgehead atoms. The van der Waals surface area contributed by atoms with Crippen LogP contribution in [0.1, 0.15) is 64.9 Å². The standard InChI is InChI=1S/C27H31N3O4S/c31-23(20-13-27(20)10-11-27)30-25-22(24(32)28-14-16-6-7-16)19-12-18(8-9-21(19)35-25)29-26(33)34-15-17-4-2-1-3-5-17/h1-5,16,18,20H,6-15H2,(H,28,32)(H,29,33)(H,30,31)/t18-,20?/m0/s1. The van der Waals surface area contributed by atoms with Gasteiger partial charge in [0.25, 0.3) is 5.91 Å². The average Bonchev–Trinajstić information content (AvgIpc) is 3.78. The summed E-state index contributed by atoms with van der Waals surface area (Å²) in [6.07, 6.45) is 7.23. The molecule has 1 heterocycles.